The zero-order chi connectivity index (χ0) is 11.0. The Bertz CT molecular complexity index is 384. The summed E-state index contributed by atoms with van der Waals surface area (Å²) in [6.45, 7) is 0. The van der Waals surface area contributed by atoms with E-state index in [4.69, 9.17) is 5.73 Å². The van der Waals surface area contributed by atoms with Crippen LogP contribution in [-0.2, 0) is 0 Å². The van der Waals surface area contributed by atoms with Crippen molar-refractivity contribution >= 4 is 28.3 Å². The van der Waals surface area contributed by atoms with Crippen molar-refractivity contribution < 1.29 is 9.50 Å². The van der Waals surface area contributed by atoms with Crippen LogP contribution in [-0.4, -0.2) is 5.11 Å². The van der Waals surface area contributed by atoms with Crippen LogP contribution < -0.4 is 5.73 Å². The molecule has 1 atom stereocenters. The molecule has 5 heteroatoms. The van der Waals surface area contributed by atoms with Crippen molar-refractivity contribution in [1.82, 2.24) is 0 Å². The standard InChI is InChI=1S/C11H13BrFNO.ClH/c12-7-4-8(11(15)9(13)5-7)10(14)3-6-1-2-6;/h4-6,10,15H,1-3,14H2;1H/t10-;/m0./s1. The summed E-state index contributed by atoms with van der Waals surface area (Å²) in [7, 11) is 0. The van der Waals surface area contributed by atoms with Gasteiger partial charge in [0.2, 0.25) is 0 Å². The van der Waals surface area contributed by atoms with Gasteiger partial charge >= 0.3 is 0 Å². The van der Waals surface area contributed by atoms with Crippen LogP contribution in [0.2, 0.25) is 0 Å². The third-order valence-electron chi connectivity index (χ3n) is 2.74. The minimum Gasteiger partial charge on any atom is -0.505 e. The number of phenols is 1. The number of rotatable bonds is 3. The molecular weight excluding hydrogens is 296 g/mol. The average molecular weight is 311 g/mol. The van der Waals surface area contributed by atoms with Gasteiger partial charge in [-0.05, 0) is 24.5 Å². The van der Waals surface area contributed by atoms with E-state index in [1.54, 1.807) is 6.07 Å². The van der Waals surface area contributed by atoms with Crippen LogP contribution >= 0.6 is 28.3 Å². The minimum absolute atomic E-state index is 0. The predicted molar refractivity (Wildman–Crippen MR) is 67.3 cm³/mol. The highest BCUT2D eigenvalue weighted by Crippen LogP contribution is 2.39. The first kappa shape index (κ1) is 13.7. The molecule has 0 radical (unpaired) electrons. The maximum absolute atomic E-state index is 13.2. The zero-order valence-electron chi connectivity index (χ0n) is 8.62. The van der Waals surface area contributed by atoms with E-state index in [2.05, 4.69) is 15.9 Å². The maximum Gasteiger partial charge on any atom is 0.166 e. The van der Waals surface area contributed by atoms with Crippen LogP contribution in [0.15, 0.2) is 16.6 Å². The second kappa shape index (κ2) is 5.34. The molecule has 0 amide bonds. The van der Waals surface area contributed by atoms with Crippen LogP contribution in [0.5, 0.6) is 5.75 Å². The Hall–Kier alpha value is -0.320. The number of benzene rings is 1. The van der Waals surface area contributed by atoms with E-state index < -0.39 is 5.82 Å². The van der Waals surface area contributed by atoms with E-state index in [-0.39, 0.29) is 24.2 Å². The maximum atomic E-state index is 13.2. The summed E-state index contributed by atoms with van der Waals surface area (Å²) in [5, 5.41) is 9.55. The van der Waals surface area contributed by atoms with Gasteiger partial charge in [0, 0.05) is 16.1 Å². The molecule has 3 N–H and O–H groups in total. The second-order valence-corrected chi connectivity index (χ2v) is 5.03. The Labute approximate surface area is 109 Å². The number of hydrogen-bond acceptors (Lipinski definition) is 2. The van der Waals surface area contributed by atoms with Gasteiger partial charge in [-0.25, -0.2) is 4.39 Å². The molecule has 0 unspecified atom stereocenters. The van der Waals surface area contributed by atoms with Gasteiger partial charge in [-0.15, -0.1) is 12.4 Å². The Morgan fingerprint density at radius 2 is 2.12 bits per heavy atom. The summed E-state index contributed by atoms with van der Waals surface area (Å²) >= 11 is 3.19. The van der Waals surface area contributed by atoms with E-state index in [1.165, 1.54) is 18.9 Å². The fourth-order valence-electron chi connectivity index (χ4n) is 1.71. The van der Waals surface area contributed by atoms with Gasteiger partial charge < -0.3 is 10.8 Å². The summed E-state index contributed by atoms with van der Waals surface area (Å²) in [5.74, 6) is -0.279. The van der Waals surface area contributed by atoms with Crippen LogP contribution in [0.1, 0.15) is 30.9 Å². The molecule has 1 fully saturated rings. The molecule has 0 spiro atoms. The SMILES string of the molecule is Cl.N[C@@H](CC1CC1)c1cc(Br)cc(F)c1O. The molecule has 0 heterocycles. The molecule has 2 nitrogen and oxygen atoms in total. The number of nitrogens with two attached hydrogens (primary N) is 1. The van der Waals surface area contributed by atoms with Crippen LogP contribution in [0.3, 0.4) is 0 Å². The zero-order valence-corrected chi connectivity index (χ0v) is 11.0. The summed E-state index contributed by atoms with van der Waals surface area (Å²) < 4.78 is 13.8. The van der Waals surface area contributed by atoms with Gasteiger partial charge in [0.25, 0.3) is 0 Å². The molecule has 1 aliphatic carbocycles. The normalized spacial score (nSPS) is 16.7. The summed E-state index contributed by atoms with van der Waals surface area (Å²) in [6, 6.07) is 2.65. The third kappa shape index (κ3) is 3.09. The lowest BCUT2D eigenvalue weighted by molar-refractivity contribution is 0.416. The molecule has 1 aromatic rings. The fourth-order valence-corrected chi connectivity index (χ4v) is 2.16. The van der Waals surface area contributed by atoms with Crippen LogP contribution in [0, 0.1) is 11.7 Å². The van der Waals surface area contributed by atoms with Crippen molar-refractivity contribution in [3.8, 4) is 5.75 Å². The monoisotopic (exact) mass is 309 g/mol. The third-order valence-corrected chi connectivity index (χ3v) is 3.20. The quantitative estimate of drug-likeness (QED) is 0.897. The Balaban J connectivity index is 0.00000128. The molecular formula is C11H14BrClFNO. The molecule has 0 bridgehead atoms. The molecule has 2 rings (SSSR count). The first-order valence-corrected chi connectivity index (χ1v) is 5.80. The molecule has 90 valence electrons. The number of hydrogen-bond donors (Lipinski definition) is 2. The van der Waals surface area contributed by atoms with Crippen molar-refractivity contribution in [2.75, 3.05) is 0 Å². The first-order chi connectivity index (χ1) is 7.08. The number of aromatic hydroxyl groups is 1. The molecule has 1 aliphatic rings. The van der Waals surface area contributed by atoms with Crippen LogP contribution in [0.25, 0.3) is 0 Å². The van der Waals surface area contributed by atoms with Crippen molar-refractivity contribution in [3.63, 3.8) is 0 Å². The summed E-state index contributed by atoms with van der Waals surface area (Å²) in [4.78, 5) is 0. The molecule has 0 saturated heterocycles. The fraction of sp³-hybridized carbons (Fsp3) is 0.455. The van der Waals surface area contributed by atoms with E-state index in [0.717, 1.165) is 6.42 Å². The molecule has 1 aromatic carbocycles. The summed E-state index contributed by atoms with van der Waals surface area (Å²) in [5.41, 5.74) is 6.42. The van der Waals surface area contributed by atoms with Crippen molar-refractivity contribution in [3.05, 3.63) is 28.0 Å². The summed E-state index contributed by atoms with van der Waals surface area (Å²) in [6.07, 6.45) is 3.22. The smallest absolute Gasteiger partial charge is 0.166 e. The average Bonchev–Trinajstić information content (AvgIpc) is 2.94. The van der Waals surface area contributed by atoms with Crippen molar-refractivity contribution in [1.29, 1.82) is 0 Å². The minimum atomic E-state index is -0.620. The van der Waals surface area contributed by atoms with Crippen molar-refractivity contribution in [2.24, 2.45) is 11.7 Å². The van der Waals surface area contributed by atoms with E-state index in [1.807, 2.05) is 0 Å². The Kier molecular flexibility index (Phi) is 4.59. The highest BCUT2D eigenvalue weighted by atomic mass is 79.9. The van der Waals surface area contributed by atoms with Crippen molar-refractivity contribution in [2.45, 2.75) is 25.3 Å². The predicted octanol–water partition coefficient (Wildman–Crippen LogP) is 3.52. The van der Waals surface area contributed by atoms with Gasteiger partial charge in [0.15, 0.2) is 11.6 Å². The molecule has 0 aromatic heterocycles. The second-order valence-electron chi connectivity index (χ2n) is 4.11. The largest absolute Gasteiger partial charge is 0.505 e. The highest BCUT2D eigenvalue weighted by molar-refractivity contribution is 9.10. The lowest BCUT2D eigenvalue weighted by atomic mass is 10.0. The number of halogens is 3. The Morgan fingerprint density at radius 1 is 1.50 bits per heavy atom. The van der Waals surface area contributed by atoms with Gasteiger partial charge in [0.05, 0.1) is 0 Å². The lowest BCUT2D eigenvalue weighted by Gasteiger charge is -2.14. The lowest BCUT2D eigenvalue weighted by Crippen LogP contribution is -2.11. The Morgan fingerprint density at radius 3 is 2.69 bits per heavy atom. The van der Waals surface area contributed by atoms with Gasteiger partial charge in [0.1, 0.15) is 0 Å². The van der Waals surface area contributed by atoms with E-state index >= 15 is 0 Å². The van der Waals surface area contributed by atoms with Crippen LogP contribution in [0.4, 0.5) is 4.39 Å². The molecule has 1 saturated carbocycles. The van der Waals surface area contributed by atoms with E-state index in [0.29, 0.717) is 16.0 Å². The highest BCUT2D eigenvalue weighted by Gasteiger charge is 2.26. The number of phenolic OH excluding ortho intramolecular Hbond substituents is 1. The topological polar surface area (TPSA) is 46.2 Å². The molecule has 16 heavy (non-hydrogen) atoms. The first-order valence-electron chi connectivity index (χ1n) is 5.01. The van der Waals surface area contributed by atoms with E-state index in [9.17, 15) is 9.50 Å². The van der Waals surface area contributed by atoms with Gasteiger partial charge in [-0.3, -0.25) is 0 Å². The van der Waals surface area contributed by atoms with Gasteiger partial charge in [-0.2, -0.15) is 0 Å². The van der Waals surface area contributed by atoms with Gasteiger partial charge in [-0.1, -0.05) is 28.8 Å². The molecule has 0 aliphatic heterocycles.